The van der Waals surface area contributed by atoms with Gasteiger partial charge in [-0.25, -0.2) is 13.9 Å². The van der Waals surface area contributed by atoms with Crippen molar-refractivity contribution < 1.29 is 9.13 Å². The summed E-state index contributed by atoms with van der Waals surface area (Å²) in [6.07, 6.45) is 3.48. The molecule has 5 rings (SSSR count). The summed E-state index contributed by atoms with van der Waals surface area (Å²) in [7, 11) is 0. The summed E-state index contributed by atoms with van der Waals surface area (Å²) in [4.78, 5) is 7.07. The van der Waals surface area contributed by atoms with Gasteiger partial charge in [0.15, 0.2) is 5.65 Å². The van der Waals surface area contributed by atoms with Crippen LogP contribution in [0.3, 0.4) is 0 Å². The molecule has 1 aromatic carbocycles. The normalized spacial score (nSPS) is 20.6. The van der Waals surface area contributed by atoms with Crippen LogP contribution < -0.4 is 15.4 Å². The number of aromatic nitrogens is 3. The van der Waals surface area contributed by atoms with E-state index in [-0.39, 0.29) is 11.9 Å². The second-order valence-corrected chi connectivity index (χ2v) is 6.91. The van der Waals surface area contributed by atoms with Crippen LogP contribution in [-0.4, -0.2) is 64.9 Å². The molecule has 1 atom stereocenters. The fraction of sp³-hybridized carbons (Fsp3) is 0.368. The van der Waals surface area contributed by atoms with Gasteiger partial charge in [-0.15, -0.1) is 0 Å². The Morgan fingerprint density at radius 3 is 3.04 bits per heavy atom. The molecule has 4 bridgehead atoms. The highest BCUT2D eigenvalue weighted by molar-refractivity contribution is 5.78. The van der Waals surface area contributed by atoms with Crippen molar-refractivity contribution in [3.05, 3.63) is 42.5 Å². The first-order valence-electron chi connectivity index (χ1n) is 9.24. The van der Waals surface area contributed by atoms with E-state index < -0.39 is 0 Å². The number of anilines is 1. The van der Waals surface area contributed by atoms with Crippen molar-refractivity contribution in [2.75, 3.05) is 44.6 Å². The van der Waals surface area contributed by atoms with Crippen molar-refractivity contribution in [1.29, 1.82) is 0 Å². The Balaban J connectivity index is 1.59. The Morgan fingerprint density at radius 2 is 2.07 bits per heavy atom. The highest BCUT2D eigenvalue weighted by Crippen LogP contribution is 2.30. The first kappa shape index (κ1) is 16.5. The monoisotopic (exact) mass is 368 g/mol. The molecule has 1 fully saturated rings. The molecule has 27 heavy (non-hydrogen) atoms. The smallest absolute Gasteiger partial charge is 0.165 e. The molecule has 0 amide bonds. The highest BCUT2D eigenvalue weighted by atomic mass is 19.1. The quantitative estimate of drug-likeness (QED) is 0.629. The molecule has 2 aromatic heterocycles. The van der Waals surface area contributed by atoms with E-state index in [1.807, 2.05) is 12.3 Å². The third kappa shape index (κ3) is 3.11. The molecule has 0 radical (unpaired) electrons. The van der Waals surface area contributed by atoms with Crippen molar-refractivity contribution in [3.8, 4) is 16.9 Å². The standard InChI is InChI=1S/C19H21FN6O/c20-17-2-1-14-9-15(17)16-11-23-26-6-3-18(24-19(16)26)22-5-8-25-7-4-21-10-13(25)12-27-14/h1-3,6,9,11,13,21H,4-5,7-8,10,12H2,(H,22,24)/t13-/m0/s1. The zero-order valence-corrected chi connectivity index (χ0v) is 14.9. The first-order chi connectivity index (χ1) is 13.3. The molecule has 0 spiro atoms. The van der Waals surface area contributed by atoms with Crippen LogP contribution in [0.25, 0.3) is 16.8 Å². The minimum Gasteiger partial charge on any atom is -0.492 e. The fourth-order valence-corrected chi connectivity index (χ4v) is 3.74. The van der Waals surface area contributed by atoms with Gasteiger partial charge in [0.2, 0.25) is 0 Å². The van der Waals surface area contributed by atoms with Gasteiger partial charge in [-0.3, -0.25) is 4.90 Å². The molecule has 0 aliphatic carbocycles. The average Bonchev–Trinajstić information content (AvgIpc) is 3.11. The number of nitrogens with one attached hydrogen (secondary N) is 2. The summed E-state index contributed by atoms with van der Waals surface area (Å²) in [6.45, 7) is 5.08. The Labute approximate surface area is 156 Å². The van der Waals surface area contributed by atoms with Crippen LogP contribution in [0.2, 0.25) is 0 Å². The molecular weight excluding hydrogens is 347 g/mol. The number of hydrogen-bond donors (Lipinski definition) is 2. The van der Waals surface area contributed by atoms with E-state index in [2.05, 4.69) is 25.6 Å². The molecule has 2 aliphatic heterocycles. The zero-order valence-electron chi connectivity index (χ0n) is 14.9. The molecule has 2 aliphatic rings. The summed E-state index contributed by atoms with van der Waals surface area (Å²) >= 11 is 0. The van der Waals surface area contributed by atoms with E-state index in [4.69, 9.17) is 4.74 Å². The Kier molecular flexibility index (Phi) is 4.14. The fourth-order valence-electron chi connectivity index (χ4n) is 3.74. The number of benzene rings is 1. The second kappa shape index (κ2) is 6.79. The molecule has 7 nitrogen and oxygen atoms in total. The van der Waals surface area contributed by atoms with Crippen LogP contribution in [0.4, 0.5) is 10.2 Å². The number of fused-ring (bicyclic) bond motifs is 5. The number of hydrogen-bond acceptors (Lipinski definition) is 6. The number of piperazine rings is 1. The maximum atomic E-state index is 14.6. The van der Waals surface area contributed by atoms with Gasteiger partial charge < -0.3 is 15.4 Å². The molecule has 1 saturated heterocycles. The van der Waals surface area contributed by atoms with E-state index in [0.717, 1.165) is 38.5 Å². The Morgan fingerprint density at radius 1 is 1.15 bits per heavy atom. The van der Waals surface area contributed by atoms with E-state index in [1.165, 1.54) is 6.07 Å². The molecule has 0 unspecified atom stereocenters. The Hall–Kier alpha value is -2.71. The SMILES string of the molecule is Fc1ccc2cc1-c1cnn3ccc(nc13)NCCN1CCNC[C@H]1CO2. The maximum Gasteiger partial charge on any atom is 0.165 e. The molecule has 4 heterocycles. The topological polar surface area (TPSA) is 66.7 Å². The molecule has 3 aromatic rings. The first-order valence-corrected chi connectivity index (χ1v) is 9.24. The van der Waals surface area contributed by atoms with Crippen molar-refractivity contribution in [2.45, 2.75) is 6.04 Å². The minimum atomic E-state index is -0.314. The van der Waals surface area contributed by atoms with Crippen molar-refractivity contribution in [3.63, 3.8) is 0 Å². The summed E-state index contributed by atoms with van der Waals surface area (Å²) in [5, 5.41) is 11.1. The van der Waals surface area contributed by atoms with Crippen molar-refractivity contribution >= 4 is 11.5 Å². The minimum absolute atomic E-state index is 0.277. The highest BCUT2D eigenvalue weighted by Gasteiger charge is 2.23. The van der Waals surface area contributed by atoms with Gasteiger partial charge in [0.25, 0.3) is 0 Å². The van der Waals surface area contributed by atoms with Gasteiger partial charge in [0.05, 0.1) is 12.2 Å². The summed E-state index contributed by atoms with van der Waals surface area (Å²) in [5.74, 6) is 1.11. The number of halogens is 1. The van der Waals surface area contributed by atoms with Crippen LogP contribution in [0.15, 0.2) is 36.7 Å². The van der Waals surface area contributed by atoms with E-state index in [9.17, 15) is 4.39 Å². The number of nitrogens with zero attached hydrogens (tertiary/aromatic N) is 4. The van der Waals surface area contributed by atoms with Gasteiger partial charge >= 0.3 is 0 Å². The van der Waals surface area contributed by atoms with Crippen LogP contribution in [-0.2, 0) is 0 Å². The molecule has 8 heteroatoms. The maximum absolute atomic E-state index is 14.6. The van der Waals surface area contributed by atoms with Gasteiger partial charge in [-0.1, -0.05) is 0 Å². The predicted molar refractivity (Wildman–Crippen MR) is 101 cm³/mol. The second-order valence-electron chi connectivity index (χ2n) is 6.91. The van der Waals surface area contributed by atoms with Gasteiger partial charge in [-0.05, 0) is 24.3 Å². The van der Waals surface area contributed by atoms with Crippen LogP contribution >= 0.6 is 0 Å². The van der Waals surface area contributed by atoms with Crippen LogP contribution in [0, 0.1) is 5.82 Å². The molecule has 0 saturated carbocycles. The molecule has 2 N–H and O–H groups in total. The van der Waals surface area contributed by atoms with Crippen LogP contribution in [0.5, 0.6) is 5.75 Å². The summed E-state index contributed by atoms with van der Waals surface area (Å²) in [6, 6.07) is 7.02. The van der Waals surface area contributed by atoms with Gasteiger partial charge in [0, 0.05) is 50.0 Å². The molecular formula is C19H21FN6O. The largest absolute Gasteiger partial charge is 0.492 e. The lowest BCUT2D eigenvalue weighted by atomic mass is 10.1. The number of rotatable bonds is 0. The average molecular weight is 368 g/mol. The summed E-state index contributed by atoms with van der Waals surface area (Å²) < 4.78 is 22.2. The third-order valence-corrected chi connectivity index (χ3v) is 5.22. The van der Waals surface area contributed by atoms with Gasteiger partial charge in [-0.2, -0.15) is 5.10 Å². The van der Waals surface area contributed by atoms with Crippen molar-refractivity contribution in [1.82, 2.24) is 24.8 Å². The molecule has 140 valence electrons. The van der Waals surface area contributed by atoms with Crippen LogP contribution in [0.1, 0.15) is 0 Å². The lowest BCUT2D eigenvalue weighted by Gasteiger charge is -2.36. The zero-order chi connectivity index (χ0) is 18.2. The Bertz CT molecular complexity index is 974. The van der Waals surface area contributed by atoms with Gasteiger partial charge in [0.1, 0.15) is 24.0 Å². The lowest BCUT2D eigenvalue weighted by molar-refractivity contribution is 0.115. The van der Waals surface area contributed by atoms with Crippen molar-refractivity contribution in [2.24, 2.45) is 0 Å². The lowest BCUT2D eigenvalue weighted by Crippen LogP contribution is -2.54. The van der Waals surface area contributed by atoms with E-state index >= 15 is 0 Å². The number of ether oxygens (including phenoxy) is 1. The van der Waals surface area contributed by atoms with E-state index in [0.29, 0.717) is 29.1 Å². The third-order valence-electron chi connectivity index (χ3n) is 5.22. The summed E-state index contributed by atoms with van der Waals surface area (Å²) in [5.41, 5.74) is 1.72. The predicted octanol–water partition coefficient (Wildman–Crippen LogP) is 1.61. The van der Waals surface area contributed by atoms with E-state index in [1.54, 1.807) is 22.8 Å².